The summed E-state index contributed by atoms with van der Waals surface area (Å²) >= 11 is 1.09. The van der Waals surface area contributed by atoms with E-state index in [9.17, 15) is 14.7 Å². The largest absolute Gasteiger partial charge is 0.386 e. The van der Waals surface area contributed by atoms with Crippen LogP contribution >= 0.6 is 11.8 Å². The molecule has 2 unspecified atom stereocenters. The van der Waals surface area contributed by atoms with Crippen molar-refractivity contribution in [2.24, 2.45) is 0 Å². The Kier molecular flexibility index (Phi) is 3.36. The van der Waals surface area contributed by atoms with Crippen LogP contribution in [0.5, 0.6) is 0 Å². The minimum atomic E-state index is -0.953. The number of nitrogens with one attached hydrogen (secondary N) is 2. The third-order valence-electron chi connectivity index (χ3n) is 2.66. The molecule has 2 aliphatic rings. The number of hydrogen-bond donors (Lipinski definition) is 3. The number of hydrogen-bond acceptors (Lipinski definition) is 5. The molecule has 0 spiro atoms. The van der Waals surface area contributed by atoms with Crippen LogP contribution in [0.15, 0.2) is 0 Å². The summed E-state index contributed by atoms with van der Waals surface area (Å²) in [6.07, 6.45) is 0.527. The average molecular weight is 246 g/mol. The van der Waals surface area contributed by atoms with E-state index in [0.29, 0.717) is 18.8 Å². The van der Waals surface area contributed by atoms with E-state index in [-0.39, 0.29) is 24.3 Å². The van der Waals surface area contributed by atoms with E-state index in [2.05, 4.69) is 10.6 Å². The third-order valence-corrected chi connectivity index (χ3v) is 3.54. The van der Waals surface area contributed by atoms with Crippen molar-refractivity contribution in [3.05, 3.63) is 0 Å². The van der Waals surface area contributed by atoms with Crippen LogP contribution < -0.4 is 10.6 Å². The fourth-order valence-corrected chi connectivity index (χ4v) is 2.41. The van der Waals surface area contributed by atoms with Crippen LogP contribution in [0, 0.1) is 0 Å². The summed E-state index contributed by atoms with van der Waals surface area (Å²) in [5.41, 5.74) is -0.953. The summed E-state index contributed by atoms with van der Waals surface area (Å²) < 4.78 is 5.06. The van der Waals surface area contributed by atoms with Crippen molar-refractivity contribution in [1.82, 2.24) is 10.6 Å². The van der Waals surface area contributed by atoms with Gasteiger partial charge in [0, 0.05) is 25.3 Å². The number of aliphatic hydroxyl groups is 1. The molecule has 0 aromatic heterocycles. The van der Waals surface area contributed by atoms with Crippen LogP contribution in [0.2, 0.25) is 0 Å². The fourth-order valence-electron chi connectivity index (χ4n) is 1.64. The molecule has 7 heteroatoms. The molecule has 16 heavy (non-hydrogen) atoms. The summed E-state index contributed by atoms with van der Waals surface area (Å²) in [5, 5.41) is 14.9. The number of amides is 2. The molecule has 2 fully saturated rings. The topological polar surface area (TPSA) is 87.7 Å². The maximum Gasteiger partial charge on any atom is 0.279 e. The van der Waals surface area contributed by atoms with E-state index in [1.54, 1.807) is 0 Å². The van der Waals surface area contributed by atoms with Crippen molar-refractivity contribution in [3.8, 4) is 0 Å². The van der Waals surface area contributed by atoms with Gasteiger partial charge in [0.2, 0.25) is 5.91 Å². The number of carbonyl (C=O) groups excluding carboxylic acids is 2. The van der Waals surface area contributed by atoms with Gasteiger partial charge in [-0.1, -0.05) is 11.8 Å². The van der Waals surface area contributed by atoms with E-state index in [1.165, 1.54) is 0 Å². The van der Waals surface area contributed by atoms with Gasteiger partial charge in [0.15, 0.2) is 0 Å². The minimum absolute atomic E-state index is 0.170. The van der Waals surface area contributed by atoms with Gasteiger partial charge in [0.05, 0.1) is 6.61 Å². The Hall–Kier alpha value is -0.790. The molecule has 2 rings (SSSR count). The summed E-state index contributed by atoms with van der Waals surface area (Å²) in [7, 11) is 0. The van der Waals surface area contributed by atoms with E-state index in [1.807, 2.05) is 0 Å². The van der Waals surface area contributed by atoms with E-state index < -0.39 is 11.6 Å². The SMILES string of the molecule is O=C1NC(C(=O)NCC2(O)CCOC2)CS1. The van der Waals surface area contributed by atoms with E-state index in [4.69, 9.17) is 4.74 Å². The first-order valence-electron chi connectivity index (χ1n) is 5.10. The molecule has 0 bridgehead atoms. The lowest BCUT2D eigenvalue weighted by atomic mass is 10.0. The molecule has 3 N–H and O–H groups in total. The van der Waals surface area contributed by atoms with Gasteiger partial charge in [0.1, 0.15) is 11.6 Å². The van der Waals surface area contributed by atoms with Gasteiger partial charge in [-0.2, -0.15) is 0 Å². The predicted molar refractivity (Wildman–Crippen MR) is 58.2 cm³/mol. The fraction of sp³-hybridized carbons (Fsp3) is 0.778. The Morgan fingerprint density at radius 1 is 1.75 bits per heavy atom. The smallest absolute Gasteiger partial charge is 0.279 e. The van der Waals surface area contributed by atoms with E-state index in [0.717, 1.165) is 11.8 Å². The van der Waals surface area contributed by atoms with Crippen LogP contribution in [-0.4, -0.2) is 53.4 Å². The normalized spacial score (nSPS) is 33.8. The second kappa shape index (κ2) is 4.60. The molecule has 0 aromatic rings. The number of ether oxygens (including phenoxy) is 1. The molecule has 0 aromatic carbocycles. The molecule has 90 valence electrons. The quantitative estimate of drug-likeness (QED) is 0.599. The van der Waals surface area contributed by atoms with Gasteiger partial charge in [-0.15, -0.1) is 0 Å². The molecule has 0 radical (unpaired) electrons. The van der Waals surface area contributed by atoms with Crippen LogP contribution in [0.3, 0.4) is 0 Å². The molecule has 0 saturated carbocycles. The highest BCUT2D eigenvalue weighted by Crippen LogP contribution is 2.17. The van der Waals surface area contributed by atoms with Crippen LogP contribution in [0.4, 0.5) is 4.79 Å². The van der Waals surface area contributed by atoms with Crippen molar-refractivity contribution in [1.29, 1.82) is 0 Å². The summed E-state index contributed by atoms with van der Waals surface area (Å²) in [6.45, 7) is 0.935. The van der Waals surface area contributed by atoms with Gasteiger partial charge >= 0.3 is 0 Å². The third kappa shape index (κ3) is 2.66. The monoisotopic (exact) mass is 246 g/mol. The first kappa shape index (κ1) is 11.7. The molecule has 6 nitrogen and oxygen atoms in total. The van der Waals surface area contributed by atoms with Crippen LogP contribution in [-0.2, 0) is 9.53 Å². The molecule has 2 saturated heterocycles. The van der Waals surface area contributed by atoms with Crippen molar-refractivity contribution in [3.63, 3.8) is 0 Å². The Balaban J connectivity index is 1.77. The Morgan fingerprint density at radius 2 is 2.56 bits per heavy atom. The summed E-state index contributed by atoms with van der Waals surface area (Å²) in [4.78, 5) is 22.5. The van der Waals surface area contributed by atoms with Gasteiger partial charge in [0.25, 0.3) is 5.24 Å². The second-order valence-electron chi connectivity index (χ2n) is 4.04. The Bertz CT molecular complexity index is 304. The van der Waals surface area contributed by atoms with Crippen LogP contribution in [0.25, 0.3) is 0 Å². The second-order valence-corrected chi connectivity index (χ2v) is 5.03. The molecule has 2 amide bonds. The Morgan fingerprint density at radius 3 is 3.12 bits per heavy atom. The van der Waals surface area contributed by atoms with Gasteiger partial charge < -0.3 is 20.5 Å². The maximum atomic E-state index is 11.6. The Labute approximate surface area is 97.1 Å². The number of thioether (sulfide) groups is 1. The lowest BCUT2D eigenvalue weighted by molar-refractivity contribution is -0.123. The first-order chi connectivity index (χ1) is 7.59. The molecule has 0 aliphatic carbocycles. The van der Waals surface area contributed by atoms with Gasteiger partial charge in [-0.25, -0.2) is 0 Å². The molecule has 2 atom stereocenters. The molecule has 2 heterocycles. The number of rotatable bonds is 3. The van der Waals surface area contributed by atoms with Crippen molar-refractivity contribution in [2.45, 2.75) is 18.1 Å². The first-order valence-corrected chi connectivity index (χ1v) is 6.09. The van der Waals surface area contributed by atoms with Crippen molar-refractivity contribution < 1.29 is 19.4 Å². The van der Waals surface area contributed by atoms with Gasteiger partial charge in [-0.05, 0) is 0 Å². The lowest BCUT2D eigenvalue weighted by Gasteiger charge is -2.21. The highest BCUT2D eigenvalue weighted by atomic mass is 32.2. The van der Waals surface area contributed by atoms with Crippen LogP contribution in [0.1, 0.15) is 6.42 Å². The summed E-state index contributed by atoms with van der Waals surface area (Å²) in [5.74, 6) is 0.193. The highest BCUT2D eigenvalue weighted by Gasteiger charge is 2.34. The van der Waals surface area contributed by atoms with Gasteiger partial charge in [-0.3, -0.25) is 9.59 Å². The number of carbonyl (C=O) groups is 2. The standard InChI is InChI=1S/C9H14N2O4S/c12-7(6-3-16-8(13)11-6)10-4-9(14)1-2-15-5-9/h6,14H,1-5H2,(H,10,12)(H,11,13). The predicted octanol–water partition coefficient (Wildman–Crippen LogP) is -0.921. The molecule has 2 aliphatic heterocycles. The summed E-state index contributed by atoms with van der Waals surface area (Å²) in [6, 6.07) is -0.483. The van der Waals surface area contributed by atoms with E-state index >= 15 is 0 Å². The van der Waals surface area contributed by atoms with Crippen molar-refractivity contribution in [2.75, 3.05) is 25.5 Å². The lowest BCUT2D eigenvalue weighted by Crippen LogP contribution is -2.49. The zero-order chi connectivity index (χ0) is 11.6. The maximum absolute atomic E-state index is 11.6. The zero-order valence-corrected chi connectivity index (χ0v) is 9.51. The average Bonchev–Trinajstić information content (AvgIpc) is 2.85. The highest BCUT2D eigenvalue weighted by molar-refractivity contribution is 8.14. The zero-order valence-electron chi connectivity index (χ0n) is 8.69. The minimum Gasteiger partial charge on any atom is -0.386 e. The molecular formula is C9H14N2O4S. The molecular weight excluding hydrogens is 232 g/mol. The van der Waals surface area contributed by atoms with Crippen molar-refractivity contribution >= 4 is 22.9 Å².